The molecule has 1 fully saturated rings. The number of carbonyl (C=O) groups excluding carboxylic acids is 1. The molecular weight excluding hydrogens is 402 g/mol. The lowest BCUT2D eigenvalue weighted by atomic mass is 10.1. The molecule has 32 heavy (non-hydrogen) atoms. The average Bonchev–Trinajstić information content (AvgIpc) is 3.50. The number of aryl methyl sites for hydroxylation is 2. The number of pyridine rings is 1. The minimum absolute atomic E-state index is 0.153. The number of hydrogen-bond donors (Lipinski definition) is 1. The van der Waals surface area contributed by atoms with E-state index in [1.807, 2.05) is 67.2 Å². The Labute approximate surface area is 184 Å². The van der Waals surface area contributed by atoms with Crippen molar-refractivity contribution in [3.63, 3.8) is 0 Å². The second-order valence-corrected chi connectivity index (χ2v) is 8.26. The highest BCUT2D eigenvalue weighted by molar-refractivity contribution is 6.12. The lowest BCUT2D eigenvalue weighted by Crippen LogP contribution is -2.13. The van der Waals surface area contributed by atoms with Crippen molar-refractivity contribution >= 4 is 28.4 Å². The Hall–Kier alpha value is -4.07. The second-order valence-electron chi connectivity index (χ2n) is 8.26. The van der Waals surface area contributed by atoms with E-state index >= 15 is 0 Å². The number of amides is 1. The van der Waals surface area contributed by atoms with Gasteiger partial charge in [0.2, 0.25) is 5.78 Å². The van der Waals surface area contributed by atoms with E-state index in [9.17, 15) is 4.79 Å². The third-order valence-electron chi connectivity index (χ3n) is 5.90. The molecule has 158 valence electrons. The molecule has 1 saturated carbocycles. The summed E-state index contributed by atoms with van der Waals surface area (Å²) < 4.78 is 3.64. The molecule has 6 rings (SSSR count). The van der Waals surface area contributed by atoms with Crippen molar-refractivity contribution in [2.24, 2.45) is 7.05 Å². The number of carbonyl (C=O) groups is 1. The van der Waals surface area contributed by atoms with Gasteiger partial charge in [-0.3, -0.25) is 13.9 Å². The molecule has 0 radical (unpaired) electrons. The van der Waals surface area contributed by atoms with E-state index in [-0.39, 0.29) is 5.91 Å². The standard InChI is InChI=1S/C24H21N7O/c1-14-21-18(12-19(15-4-5-15)27-22(21)30(2)29-14)23(32)26-17-8-6-16(7-9-17)20-13-31-11-3-10-25-24(31)28-20/h3,6-13,15H,4-5H2,1-2H3,(H,26,32). The van der Waals surface area contributed by atoms with Gasteiger partial charge in [-0.1, -0.05) is 12.1 Å². The first-order chi connectivity index (χ1) is 15.6. The van der Waals surface area contributed by atoms with Crippen LogP contribution < -0.4 is 5.32 Å². The first kappa shape index (κ1) is 18.7. The quantitative estimate of drug-likeness (QED) is 0.470. The number of rotatable bonds is 4. The lowest BCUT2D eigenvalue weighted by molar-refractivity contribution is 0.102. The smallest absolute Gasteiger partial charge is 0.256 e. The number of nitrogens with zero attached hydrogens (tertiary/aromatic N) is 6. The van der Waals surface area contributed by atoms with Gasteiger partial charge in [-0.2, -0.15) is 5.10 Å². The summed E-state index contributed by atoms with van der Waals surface area (Å²) in [5.74, 6) is 0.945. The van der Waals surface area contributed by atoms with E-state index in [1.165, 1.54) is 0 Å². The van der Waals surface area contributed by atoms with Gasteiger partial charge in [0.25, 0.3) is 5.91 Å². The van der Waals surface area contributed by atoms with Gasteiger partial charge in [0.1, 0.15) is 0 Å². The van der Waals surface area contributed by atoms with E-state index in [2.05, 4.69) is 20.4 Å². The van der Waals surface area contributed by atoms with Gasteiger partial charge in [0.15, 0.2) is 5.65 Å². The first-order valence-corrected chi connectivity index (χ1v) is 10.6. The van der Waals surface area contributed by atoms with Crippen molar-refractivity contribution in [3.8, 4) is 11.3 Å². The molecule has 8 heteroatoms. The highest BCUT2D eigenvalue weighted by Crippen LogP contribution is 2.40. The number of fused-ring (bicyclic) bond motifs is 2. The summed E-state index contributed by atoms with van der Waals surface area (Å²) in [7, 11) is 1.87. The van der Waals surface area contributed by atoms with Crippen LogP contribution in [0.2, 0.25) is 0 Å². The fourth-order valence-corrected chi connectivity index (χ4v) is 4.12. The third-order valence-corrected chi connectivity index (χ3v) is 5.90. The Bertz CT molecular complexity index is 1460. The minimum Gasteiger partial charge on any atom is -0.322 e. The number of imidazole rings is 1. The SMILES string of the molecule is Cc1nn(C)c2nc(C3CC3)cc(C(=O)Nc3ccc(-c4cn5cccnc5n4)cc3)c12. The maximum atomic E-state index is 13.3. The van der Waals surface area contributed by atoms with Gasteiger partial charge < -0.3 is 5.32 Å². The van der Waals surface area contributed by atoms with Crippen LogP contribution in [0.15, 0.2) is 55.0 Å². The third kappa shape index (κ3) is 3.11. The van der Waals surface area contributed by atoms with Gasteiger partial charge in [-0.25, -0.2) is 15.0 Å². The van der Waals surface area contributed by atoms with Gasteiger partial charge in [0.05, 0.1) is 22.3 Å². The van der Waals surface area contributed by atoms with Crippen LogP contribution in [0, 0.1) is 6.92 Å². The van der Waals surface area contributed by atoms with E-state index < -0.39 is 0 Å². The molecule has 0 spiro atoms. The fraction of sp³-hybridized carbons (Fsp3) is 0.208. The summed E-state index contributed by atoms with van der Waals surface area (Å²) in [5.41, 5.74) is 5.67. The molecule has 1 N–H and O–H groups in total. The van der Waals surface area contributed by atoms with E-state index in [0.717, 1.165) is 52.2 Å². The van der Waals surface area contributed by atoms with Crippen LogP contribution in [-0.2, 0) is 7.05 Å². The lowest BCUT2D eigenvalue weighted by Gasteiger charge is -2.09. The summed E-state index contributed by atoms with van der Waals surface area (Å²) >= 11 is 0. The molecule has 1 amide bonds. The van der Waals surface area contributed by atoms with E-state index in [4.69, 9.17) is 4.98 Å². The van der Waals surface area contributed by atoms with Crippen molar-refractivity contribution in [2.75, 3.05) is 5.32 Å². The molecule has 0 bridgehead atoms. The summed E-state index contributed by atoms with van der Waals surface area (Å²) in [6.07, 6.45) is 7.82. The van der Waals surface area contributed by atoms with Gasteiger partial charge in [-0.15, -0.1) is 0 Å². The monoisotopic (exact) mass is 423 g/mol. The van der Waals surface area contributed by atoms with E-state index in [1.54, 1.807) is 10.9 Å². The molecular formula is C24H21N7O. The van der Waals surface area contributed by atoms with Gasteiger partial charge in [0, 0.05) is 48.5 Å². The maximum Gasteiger partial charge on any atom is 0.256 e. The average molecular weight is 423 g/mol. The molecule has 8 nitrogen and oxygen atoms in total. The van der Waals surface area contributed by atoms with Crippen molar-refractivity contribution in [1.82, 2.24) is 29.1 Å². The van der Waals surface area contributed by atoms with Crippen molar-refractivity contribution < 1.29 is 4.79 Å². The van der Waals surface area contributed by atoms with Crippen molar-refractivity contribution in [3.05, 3.63) is 71.9 Å². The molecule has 0 saturated heterocycles. The maximum absolute atomic E-state index is 13.3. The molecule has 0 aliphatic heterocycles. The van der Waals surface area contributed by atoms with Crippen LogP contribution in [-0.4, -0.2) is 35.0 Å². The number of benzene rings is 1. The number of nitrogens with one attached hydrogen (secondary N) is 1. The second kappa shape index (κ2) is 6.98. The molecule has 5 aromatic rings. The highest BCUT2D eigenvalue weighted by Gasteiger charge is 2.28. The van der Waals surface area contributed by atoms with Crippen LogP contribution in [0.4, 0.5) is 5.69 Å². The summed E-state index contributed by atoms with van der Waals surface area (Å²) in [4.78, 5) is 26.8. The largest absolute Gasteiger partial charge is 0.322 e. The van der Waals surface area contributed by atoms with Gasteiger partial charge >= 0.3 is 0 Å². The normalized spacial score (nSPS) is 13.7. The Balaban J connectivity index is 1.31. The molecule has 1 aliphatic rings. The molecule has 0 atom stereocenters. The van der Waals surface area contributed by atoms with Crippen LogP contribution in [0.1, 0.15) is 40.5 Å². The van der Waals surface area contributed by atoms with Gasteiger partial charge in [-0.05, 0) is 44.0 Å². The predicted molar refractivity (Wildman–Crippen MR) is 122 cm³/mol. The highest BCUT2D eigenvalue weighted by atomic mass is 16.1. The molecule has 0 unspecified atom stereocenters. The summed E-state index contributed by atoms with van der Waals surface area (Å²) in [5, 5.41) is 8.33. The predicted octanol–water partition coefficient (Wildman–Crippen LogP) is 4.12. The Kier molecular flexibility index (Phi) is 4.07. The number of hydrogen-bond acceptors (Lipinski definition) is 5. The Morgan fingerprint density at radius 1 is 1.16 bits per heavy atom. The first-order valence-electron chi connectivity index (χ1n) is 10.6. The topological polar surface area (TPSA) is 90.0 Å². The minimum atomic E-state index is -0.153. The zero-order chi connectivity index (χ0) is 21.8. The van der Waals surface area contributed by atoms with Crippen LogP contribution in [0.25, 0.3) is 28.1 Å². The van der Waals surface area contributed by atoms with Crippen LogP contribution in [0.3, 0.4) is 0 Å². The van der Waals surface area contributed by atoms with Crippen LogP contribution >= 0.6 is 0 Å². The van der Waals surface area contributed by atoms with Crippen LogP contribution in [0.5, 0.6) is 0 Å². The number of aromatic nitrogens is 6. The van der Waals surface area contributed by atoms with E-state index in [0.29, 0.717) is 17.3 Å². The zero-order valence-corrected chi connectivity index (χ0v) is 17.8. The molecule has 4 heterocycles. The summed E-state index contributed by atoms with van der Waals surface area (Å²) in [6.45, 7) is 1.91. The molecule has 4 aromatic heterocycles. The van der Waals surface area contributed by atoms with Crippen molar-refractivity contribution in [2.45, 2.75) is 25.7 Å². The Morgan fingerprint density at radius 3 is 2.72 bits per heavy atom. The fourth-order valence-electron chi connectivity index (χ4n) is 4.12. The molecule has 1 aromatic carbocycles. The molecule has 1 aliphatic carbocycles. The zero-order valence-electron chi connectivity index (χ0n) is 17.8. The Morgan fingerprint density at radius 2 is 1.97 bits per heavy atom. The van der Waals surface area contributed by atoms with Crippen molar-refractivity contribution in [1.29, 1.82) is 0 Å². The summed E-state index contributed by atoms with van der Waals surface area (Å²) in [6, 6.07) is 11.5. The number of anilines is 1.